The number of carbonyl (C=O) groups is 1. The molecule has 3 aromatic rings. The number of rotatable bonds is 5. The Hall–Kier alpha value is -2.85. The van der Waals surface area contributed by atoms with Crippen LogP contribution in [0.1, 0.15) is 12.5 Å². The first kappa shape index (κ1) is 17.0. The molecule has 0 spiro atoms. The number of halogens is 1. The summed E-state index contributed by atoms with van der Waals surface area (Å²) >= 11 is 5.90. The van der Waals surface area contributed by atoms with Gasteiger partial charge in [-0.1, -0.05) is 54.1 Å². The molecular formula is C20H17ClN2O2. The van der Waals surface area contributed by atoms with Crippen molar-refractivity contribution in [2.45, 2.75) is 13.0 Å². The Morgan fingerprint density at radius 2 is 1.88 bits per heavy atom. The van der Waals surface area contributed by atoms with Crippen LogP contribution in [0.25, 0.3) is 10.8 Å². The first-order valence-electron chi connectivity index (χ1n) is 7.86. The van der Waals surface area contributed by atoms with Crippen LogP contribution in [0, 0.1) is 0 Å². The van der Waals surface area contributed by atoms with Gasteiger partial charge in [-0.25, -0.2) is 5.43 Å². The van der Waals surface area contributed by atoms with E-state index in [0.29, 0.717) is 10.8 Å². The second kappa shape index (κ2) is 7.81. The predicted octanol–water partition coefficient (Wildman–Crippen LogP) is 4.41. The molecule has 0 aromatic heterocycles. The molecule has 0 aliphatic rings. The zero-order chi connectivity index (χ0) is 17.6. The summed E-state index contributed by atoms with van der Waals surface area (Å²) in [5.41, 5.74) is 3.39. The Balaban J connectivity index is 1.59. The molecule has 1 N–H and O–H groups in total. The summed E-state index contributed by atoms with van der Waals surface area (Å²) in [6.07, 6.45) is 0.920. The fourth-order valence-electron chi connectivity index (χ4n) is 2.35. The van der Waals surface area contributed by atoms with Crippen molar-refractivity contribution in [3.8, 4) is 5.75 Å². The first-order valence-corrected chi connectivity index (χ1v) is 8.23. The lowest BCUT2D eigenvalue weighted by molar-refractivity contribution is -0.127. The highest BCUT2D eigenvalue weighted by atomic mass is 35.5. The van der Waals surface area contributed by atoms with Gasteiger partial charge in [-0.15, -0.1) is 0 Å². The Morgan fingerprint density at radius 1 is 1.08 bits per heavy atom. The first-order chi connectivity index (χ1) is 12.1. The minimum Gasteiger partial charge on any atom is -0.481 e. The minimum atomic E-state index is -0.688. The van der Waals surface area contributed by atoms with Gasteiger partial charge >= 0.3 is 0 Å². The van der Waals surface area contributed by atoms with Crippen LogP contribution in [0.5, 0.6) is 5.75 Å². The van der Waals surface area contributed by atoms with E-state index in [1.54, 1.807) is 37.4 Å². The highest BCUT2D eigenvalue weighted by Gasteiger charge is 2.13. The van der Waals surface area contributed by atoms with Crippen molar-refractivity contribution < 1.29 is 9.53 Å². The molecule has 1 atom stereocenters. The van der Waals surface area contributed by atoms with Crippen LogP contribution in [0.2, 0.25) is 5.02 Å². The van der Waals surface area contributed by atoms with Crippen LogP contribution in [-0.2, 0) is 4.79 Å². The summed E-state index contributed by atoms with van der Waals surface area (Å²) in [7, 11) is 0. The van der Waals surface area contributed by atoms with Crippen molar-refractivity contribution in [1.82, 2.24) is 5.43 Å². The van der Waals surface area contributed by atoms with Gasteiger partial charge in [-0.05, 0) is 47.5 Å². The normalized spacial score (nSPS) is 12.2. The summed E-state index contributed by atoms with van der Waals surface area (Å²) in [5.74, 6) is 0.200. The molecule has 5 heteroatoms. The van der Waals surface area contributed by atoms with Gasteiger partial charge < -0.3 is 4.74 Å². The number of ether oxygens (including phenoxy) is 1. The van der Waals surface area contributed by atoms with E-state index in [-0.39, 0.29) is 5.91 Å². The number of nitrogens with zero attached hydrogens (tertiary/aromatic N) is 1. The molecule has 0 heterocycles. The SMILES string of the molecule is CC(Oc1cccc(Cl)c1)C(=O)N/N=C/c1ccc2ccccc2c1. The summed E-state index contributed by atoms with van der Waals surface area (Å²) in [6, 6.07) is 20.9. The largest absolute Gasteiger partial charge is 0.481 e. The number of fused-ring (bicyclic) bond motifs is 1. The maximum atomic E-state index is 12.1. The molecule has 0 radical (unpaired) electrons. The van der Waals surface area contributed by atoms with Crippen LogP contribution in [-0.4, -0.2) is 18.2 Å². The molecule has 0 saturated heterocycles. The highest BCUT2D eigenvalue weighted by molar-refractivity contribution is 6.30. The van der Waals surface area contributed by atoms with E-state index in [0.717, 1.165) is 16.3 Å². The Bertz CT molecular complexity index is 924. The van der Waals surface area contributed by atoms with Gasteiger partial charge in [0.1, 0.15) is 5.75 Å². The van der Waals surface area contributed by atoms with Crippen molar-refractivity contribution >= 4 is 34.5 Å². The van der Waals surface area contributed by atoms with E-state index >= 15 is 0 Å². The van der Waals surface area contributed by atoms with Gasteiger partial charge in [-0.3, -0.25) is 4.79 Å². The van der Waals surface area contributed by atoms with Crippen molar-refractivity contribution in [3.63, 3.8) is 0 Å². The number of benzene rings is 3. The average molecular weight is 353 g/mol. The van der Waals surface area contributed by atoms with Crippen LogP contribution in [0.15, 0.2) is 71.8 Å². The third kappa shape index (κ3) is 4.58. The van der Waals surface area contributed by atoms with Gasteiger partial charge in [0.25, 0.3) is 5.91 Å². The van der Waals surface area contributed by atoms with Crippen molar-refractivity contribution in [1.29, 1.82) is 0 Å². The molecule has 126 valence electrons. The number of hydrazone groups is 1. The molecule has 3 rings (SSSR count). The molecule has 1 amide bonds. The predicted molar refractivity (Wildman–Crippen MR) is 101 cm³/mol. The number of hydrogen-bond acceptors (Lipinski definition) is 3. The van der Waals surface area contributed by atoms with Gasteiger partial charge in [-0.2, -0.15) is 5.10 Å². The van der Waals surface area contributed by atoms with E-state index in [1.807, 2.05) is 42.5 Å². The lowest BCUT2D eigenvalue weighted by Crippen LogP contribution is -2.33. The second-order valence-corrected chi connectivity index (χ2v) is 5.99. The quantitative estimate of drug-likeness (QED) is 0.546. The Labute approximate surface area is 151 Å². The fourth-order valence-corrected chi connectivity index (χ4v) is 2.53. The number of nitrogens with one attached hydrogen (secondary N) is 1. The lowest BCUT2D eigenvalue weighted by Gasteiger charge is -2.12. The molecule has 0 aliphatic heterocycles. The molecule has 25 heavy (non-hydrogen) atoms. The summed E-state index contributed by atoms with van der Waals surface area (Å²) < 4.78 is 5.55. The highest BCUT2D eigenvalue weighted by Crippen LogP contribution is 2.18. The molecule has 3 aromatic carbocycles. The Morgan fingerprint density at radius 3 is 2.68 bits per heavy atom. The van der Waals surface area contributed by atoms with Crippen molar-refractivity contribution in [2.24, 2.45) is 5.10 Å². The van der Waals surface area contributed by atoms with E-state index in [1.165, 1.54) is 0 Å². The molecule has 0 bridgehead atoms. The number of carbonyl (C=O) groups excluding carboxylic acids is 1. The smallest absolute Gasteiger partial charge is 0.280 e. The topological polar surface area (TPSA) is 50.7 Å². The molecule has 1 unspecified atom stereocenters. The fraction of sp³-hybridized carbons (Fsp3) is 0.100. The third-order valence-corrected chi connectivity index (χ3v) is 3.88. The van der Waals surface area contributed by atoms with Gasteiger partial charge in [0.2, 0.25) is 0 Å². The van der Waals surface area contributed by atoms with E-state index < -0.39 is 6.10 Å². The number of hydrogen-bond donors (Lipinski definition) is 1. The molecule has 0 saturated carbocycles. The van der Waals surface area contributed by atoms with Crippen LogP contribution in [0.3, 0.4) is 0 Å². The number of amides is 1. The average Bonchev–Trinajstić information content (AvgIpc) is 2.61. The zero-order valence-electron chi connectivity index (χ0n) is 13.6. The van der Waals surface area contributed by atoms with Crippen LogP contribution >= 0.6 is 11.6 Å². The maximum absolute atomic E-state index is 12.1. The summed E-state index contributed by atoms with van der Waals surface area (Å²) in [5, 5.41) is 6.83. The zero-order valence-corrected chi connectivity index (χ0v) is 14.4. The van der Waals surface area contributed by atoms with E-state index in [2.05, 4.69) is 10.5 Å². The monoisotopic (exact) mass is 352 g/mol. The van der Waals surface area contributed by atoms with Crippen molar-refractivity contribution in [3.05, 3.63) is 77.3 Å². The summed E-state index contributed by atoms with van der Waals surface area (Å²) in [4.78, 5) is 12.1. The van der Waals surface area contributed by atoms with E-state index in [9.17, 15) is 4.79 Å². The second-order valence-electron chi connectivity index (χ2n) is 5.56. The van der Waals surface area contributed by atoms with Gasteiger partial charge in [0, 0.05) is 5.02 Å². The Kier molecular flexibility index (Phi) is 5.31. The maximum Gasteiger partial charge on any atom is 0.280 e. The van der Waals surface area contributed by atoms with Crippen LogP contribution < -0.4 is 10.2 Å². The molecule has 0 aliphatic carbocycles. The van der Waals surface area contributed by atoms with Crippen molar-refractivity contribution in [2.75, 3.05) is 0 Å². The van der Waals surface area contributed by atoms with Gasteiger partial charge in [0.15, 0.2) is 6.10 Å². The van der Waals surface area contributed by atoms with E-state index in [4.69, 9.17) is 16.3 Å². The standard InChI is InChI=1S/C20H17ClN2O2/c1-14(25-19-8-4-7-18(21)12-19)20(24)23-22-13-15-9-10-16-5-2-3-6-17(16)11-15/h2-14H,1H3,(H,23,24)/b22-13+. The molecule has 4 nitrogen and oxygen atoms in total. The lowest BCUT2D eigenvalue weighted by atomic mass is 10.1. The van der Waals surface area contributed by atoms with Crippen LogP contribution in [0.4, 0.5) is 0 Å². The molecular weight excluding hydrogens is 336 g/mol. The minimum absolute atomic E-state index is 0.336. The van der Waals surface area contributed by atoms with Gasteiger partial charge in [0.05, 0.1) is 6.21 Å². The molecule has 0 fully saturated rings. The third-order valence-electron chi connectivity index (χ3n) is 3.64. The summed E-state index contributed by atoms with van der Waals surface area (Å²) in [6.45, 7) is 1.65.